The molecule has 24 heavy (non-hydrogen) atoms. The fourth-order valence-corrected chi connectivity index (χ4v) is 3.43. The second-order valence-corrected chi connectivity index (χ2v) is 6.07. The van der Waals surface area contributed by atoms with Crippen molar-refractivity contribution in [2.45, 2.75) is 12.1 Å². The molecule has 0 bridgehead atoms. The quantitative estimate of drug-likeness (QED) is 0.859. The average molecular weight is 369 g/mol. The SMILES string of the molecule is COc1ccc([C@@H]2N=CN[C@@H]2c2c(Cl)cc(OC)cc2Cl)c(F)c1. The van der Waals surface area contributed by atoms with E-state index in [2.05, 4.69) is 10.3 Å². The van der Waals surface area contributed by atoms with Gasteiger partial charge in [0.25, 0.3) is 0 Å². The molecule has 0 amide bonds. The molecule has 0 spiro atoms. The molecule has 2 atom stereocenters. The van der Waals surface area contributed by atoms with E-state index in [9.17, 15) is 4.39 Å². The zero-order valence-corrected chi connectivity index (χ0v) is 14.5. The van der Waals surface area contributed by atoms with Crippen molar-refractivity contribution in [1.29, 1.82) is 0 Å². The molecular weight excluding hydrogens is 354 g/mol. The van der Waals surface area contributed by atoms with Gasteiger partial charge in [-0.15, -0.1) is 0 Å². The van der Waals surface area contributed by atoms with Crippen LogP contribution < -0.4 is 14.8 Å². The Labute approximate surface area is 149 Å². The van der Waals surface area contributed by atoms with Gasteiger partial charge >= 0.3 is 0 Å². The fraction of sp³-hybridized carbons (Fsp3) is 0.235. The lowest BCUT2D eigenvalue weighted by atomic mass is 9.94. The van der Waals surface area contributed by atoms with Crippen LogP contribution in [0.4, 0.5) is 4.39 Å². The third-order valence-corrected chi connectivity index (χ3v) is 4.56. The van der Waals surface area contributed by atoms with E-state index in [-0.39, 0.29) is 6.04 Å². The van der Waals surface area contributed by atoms with Crippen LogP contribution in [0.5, 0.6) is 11.5 Å². The third kappa shape index (κ3) is 3.01. The molecule has 0 unspecified atom stereocenters. The van der Waals surface area contributed by atoms with Gasteiger partial charge in [-0.2, -0.15) is 0 Å². The summed E-state index contributed by atoms with van der Waals surface area (Å²) in [5.41, 5.74) is 1.09. The van der Waals surface area contributed by atoms with E-state index in [1.165, 1.54) is 26.6 Å². The highest BCUT2D eigenvalue weighted by atomic mass is 35.5. The summed E-state index contributed by atoms with van der Waals surface area (Å²) in [5, 5.41) is 3.96. The molecule has 0 aromatic heterocycles. The number of nitrogens with one attached hydrogen (secondary N) is 1. The molecule has 1 aliphatic rings. The highest BCUT2D eigenvalue weighted by Crippen LogP contribution is 2.43. The second kappa shape index (κ2) is 6.87. The first-order valence-corrected chi connectivity index (χ1v) is 7.94. The van der Waals surface area contributed by atoms with Crippen LogP contribution >= 0.6 is 23.2 Å². The normalized spacial score (nSPS) is 19.2. The maximum absolute atomic E-state index is 14.4. The van der Waals surface area contributed by atoms with Crippen LogP contribution in [0.3, 0.4) is 0 Å². The lowest BCUT2D eigenvalue weighted by Gasteiger charge is -2.22. The number of halogens is 3. The van der Waals surface area contributed by atoms with Crippen LogP contribution in [-0.4, -0.2) is 20.6 Å². The maximum Gasteiger partial charge on any atom is 0.132 e. The Kier molecular flexibility index (Phi) is 4.83. The van der Waals surface area contributed by atoms with E-state index in [0.717, 1.165) is 0 Å². The van der Waals surface area contributed by atoms with E-state index in [1.807, 2.05) is 0 Å². The molecule has 0 radical (unpaired) electrons. The zero-order chi connectivity index (χ0) is 17.3. The first kappa shape index (κ1) is 16.9. The molecule has 3 rings (SSSR count). The van der Waals surface area contributed by atoms with E-state index >= 15 is 0 Å². The smallest absolute Gasteiger partial charge is 0.132 e. The second-order valence-electron chi connectivity index (χ2n) is 5.26. The highest BCUT2D eigenvalue weighted by molar-refractivity contribution is 6.36. The van der Waals surface area contributed by atoms with Crippen molar-refractivity contribution < 1.29 is 13.9 Å². The predicted molar refractivity (Wildman–Crippen MR) is 93.1 cm³/mol. The molecule has 1 aliphatic heterocycles. The monoisotopic (exact) mass is 368 g/mol. The van der Waals surface area contributed by atoms with Crippen molar-refractivity contribution in [3.8, 4) is 11.5 Å². The number of aliphatic imine (C=N–C) groups is 1. The highest BCUT2D eigenvalue weighted by Gasteiger charge is 2.32. The van der Waals surface area contributed by atoms with E-state index < -0.39 is 11.9 Å². The Bertz CT molecular complexity index is 775. The van der Waals surface area contributed by atoms with Crippen molar-refractivity contribution in [2.24, 2.45) is 4.99 Å². The van der Waals surface area contributed by atoms with Crippen LogP contribution in [0.25, 0.3) is 0 Å². The van der Waals surface area contributed by atoms with Crippen LogP contribution in [0.1, 0.15) is 23.2 Å². The van der Waals surface area contributed by atoms with Crippen LogP contribution in [0.2, 0.25) is 10.0 Å². The first-order valence-electron chi connectivity index (χ1n) is 7.19. The molecule has 1 heterocycles. The van der Waals surface area contributed by atoms with Gasteiger partial charge in [-0.1, -0.05) is 29.3 Å². The number of nitrogens with zero attached hydrogens (tertiary/aromatic N) is 1. The van der Waals surface area contributed by atoms with Gasteiger partial charge in [0.2, 0.25) is 0 Å². The molecule has 0 fully saturated rings. The summed E-state index contributed by atoms with van der Waals surface area (Å²) in [5.74, 6) is 0.606. The van der Waals surface area contributed by atoms with Gasteiger partial charge in [0, 0.05) is 17.2 Å². The predicted octanol–water partition coefficient (Wildman–Crippen LogP) is 4.56. The van der Waals surface area contributed by atoms with Gasteiger partial charge in [0.15, 0.2) is 0 Å². The van der Waals surface area contributed by atoms with Crippen molar-refractivity contribution in [2.75, 3.05) is 14.2 Å². The van der Waals surface area contributed by atoms with E-state index in [0.29, 0.717) is 32.7 Å². The molecule has 1 N–H and O–H groups in total. The van der Waals surface area contributed by atoms with Gasteiger partial charge in [-0.25, -0.2) is 4.39 Å². The van der Waals surface area contributed by atoms with Gasteiger partial charge < -0.3 is 14.8 Å². The van der Waals surface area contributed by atoms with E-state index in [4.69, 9.17) is 32.7 Å². The number of rotatable bonds is 4. The Morgan fingerprint density at radius 3 is 2.29 bits per heavy atom. The Balaban J connectivity index is 2.01. The summed E-state index contributed by atoms with van der Waals surface area (Å²) in [4.78, 5) is 4.34. The molecule has 0 aliphatic carbocycles. The molecule has 0 saturated carbocycles. The van der Waals surface area contributed by atoms with Gasteiger partial charge in [0.05, 0.1) is 36.6 Å². The first-order chi connectivity index (χ1) is 11.5. The molecule has 2 aromatic rings. The number of hydrogen-bond acceptors (Lipinski definition) is 4. The van der Waals surface area contributed by atoms with E-state index in [1.54, 1.807) is 24.3 Å². The molecule has 2 aromatic carbocycles. The Hall–Kier alpha value is -1.98. The van der Waals surface area contributed by atoms with Gasteiger partial charge in [0.1, 0.15) is 23.4 Å². The summed E-state index contributed by atoms with van der Waals surface area (Å²) >= 11 is 12.7. The maximum atomic E-state index is 14.4. The fourth-order valence-electron chi connectivity index (χ4n) is 2.73. The summed E-state index contributed by atoms with van der Waals surface area (Å²) in [6.45, 7) is 0. The summed E-state index contributed by atoms with van der Waals surface area (Å²) in [6, 6.07) is 7.16. The number of ether oxygens (including phenoxy) is 2. The van der Waals surface area contributed by atoms with Crippen LogP contribution in [0.15, 0.2) is 35.3 Å². The molecule has 4 nitrogen and oxygen atoms in total. The minimum atomic E-state index is -0.487. The minimum absolute atomic E-state index is 0.376. The summed E-state index contributed by atoms with van der Waals surface area (Å²) in [6.07, 6.45) is 1.54. The number of methoxy groups -OCH3 is 2. The Morgan fingerprint density at radius 2 is 1.71 bits per heavy atom. The summed E-state index contributed by atoms with van der Waals surface area (Å²) in [7, 11) is 3.03. The average Bonchev–Trinajstić information content (AvgIpc) is 3.02. The van der Waals surface area contributed by atoms with Gasteiger partial charge in [-0.3, -0.25) is 4.99 Å². The van der Waals surface area contributed by atoms with Crippen molar-refractivity contribution in [3.05, 3.63) is 57.3 Å². The number of hydrogen-bond donors (Lipinski definition) is 1. The number of benzene rings is 2. The lowest BCUT2D eigenvalue weighted by molar-refractivity contribution is 0.409. The molecular formula is C17H15Cl2FN2O2. The minimum Gasteiger partial charge on any atom is -0.497 e. The summed E-state index contributed by atoms with van der Waals surface area (Å²) < 4.78 is 24.6. The zero-order valence-electron chi connectivity index (χ0n) is 13.0. The Morgan fingerprint density at radius 1 is 1.04 bits per heavy atom. The van der Waals surface area contributed by atoms with Crippen molar-refractivity contribution >= 4 is 29.5 Å². The van der Waals surface area contributed by atoms with Crippen molar-refractivity contribution in [3.63, 3.8) is 0 Å². The standard InChI is InChI=1S/C17H15Cl2FN2O2/c1-23-9-3-4-11(14(20)7-9)16-17(22-8-21-16)15-12(18)5-10(24-2)6-13(15)19/h3-8,16-17H,1-2H3,(H,21,22)/t16-,17+/m0/s1. The lowest BCUT2D eigenvalue weighted by Crippen LogP contribution is -2.20. The van der Waals surface area contributed by atoms with Crippen LogP contribution in [0, 0.1) is 5.82 Å². The largest absolute Gasteiger partial charge is 0.497 e. The molecule has 126 valence electrons. The van der Waals surface area contributed by atoms with Crippen molar-refractivity contribution in [1.82, 2.24) is 5.32 Å². The molecule has 0 saturated heterocycles. The van der Waals surface area contributed by atoms with Crippen LogP contribution in [-0.2, 0) is 0 Å². The topological polar surface area (TPSA) is 42.8 Å². The third-order valence-electron chi connectivity index (χ3n) is 3.93. The molecule has 7 heteroatoms. The van der Waals surface area contributed by atoms with Gasteiger partial charge in [-0.05, 0) is 18.2 Å².